The van der Waals surface area contributed by atoms with E-state index in [9.17, 15) is 47.6 Å². The van der Waals surface area contributed by atoms with E-state index in [1.807, 2.05) is 4.98 Å². The summed E-state index contributed by atoms with van der Waals surface area (Å²) in [6, 6.07) is 1.84. The maximum Gasteiger partial charge on any atom is 0.263 e. The summed E-state index contributed by atoms with van der Waals surface area (Å²) in [6.45, 7) is 0. The maximum atomic E-state index is 15.9. The van der Waals surface area contributed by atoms with Crippen LogP contribution in [0.5, 0.6) is 0 Å². The molecule has 0 unspecified atom stereocenters. The fourth-order valence-corrected chi connectivity index (χ4v) is 8.94. The van der Waals surface area contributed by atoms with Crippen LogP contribution in [0.4, 0.5) is 65.9 Å². The third kappa shape index (κ3) is 6.57. The minimum Gasteiger partial charge on any atom is -0.354 e. The van der Waals surface area contributed by atoms with Gasteiger partial charge in [0, 0.05) is 49.1 Å². The molecule has 5 heterocycles. The van der Waals surface area contributed by atoms with Gasteiger partial charge in [0.1, 0.15) is 9.79 Å². The summed E-state index contributed by atoms with van der Waals surface area (Å²) in [4.78, 5) is 7.37. The van der Waals surface area contributed by atoms with Gasteiger partial charge < -0.3 is 15.0 Å². The summed E-state index contributed by atoms with van der Waals surface area (Å²) in [5, 5.41) is 0. The fourth-order valence-electron chi connectivity index (χ4n) is 6.90. The number of hydrogen-bond acceptors (Lipinski definition) is 5. The molecular formula is C37H9Cl2F15N4O4S2. The lowest BCUT2D eigenvalue weighted by molar-refractivity contribution is 0.381. The van der Waals surface area contributed by atoms with Gasteiger partial charge in [-0.2, -0.15) is 0 Å². The lowest BCUT2D eigenvalue weighted by Gasteiger charge is -2.11. The molecule has 3 N–H and O–H groups in total. The predicted molar refractivity (Wildman–Crippen MR) is 197 cm³/mol. The van der Waals surface area contributed by atoms with Crippen molar-refractivity contribution in [2.45, 2.75) is 9.79 Å². The first kappa shape index (κ1) is 44.4. The summed E-state index contributed by atoms with van der Waals surface area (Å²) in [7, 11) is 0.275. The Balaban J connectivity index is 1.79. The molecule has 0 saturated carbocycles. The topological polar surface area (TPSA) is 129 Å². The number of nitrogens with one attached hydrogen (secondary N) is 3. The molecule has 0 atom stereocenters. The first-order chi connectivity index (χ1) is 29.8. The number of H-pyrrole nitrogens is 3. The molecule has 0 saturated heterocycles. The monoisotopic (exact) mass is 992 g/mol. The Morgan fingerprint density at radius 1 is 0.359 bits per heavy atom. The SMILES string of the molecule is O=S(=O)(Cl)c1cc2[nH]c1c(-c1c(F)c(F)c(F)c(F)c1F)c1[nH]c(cc1S(=O)(=O)Cl)c(-c1c(F)c(F)c(F)c(F)c1F)c1ccc([nH]1)c(-c1c(F)c(F)c(F)c(F)c1F)c1nc2C=C1. The van der Waals surface area contributed by atoms with Gasteiger partial charge in [0.25, 0.3) is 18.1 Å². The maximum absolute atomic E-state index is 15.9. The highest BCUT2D eigenvalue weighted by molar-refractivity contribution is 8.14. The number of aromatic nitrogens is 4. The Hall–Kier alpha value is -6.18. The van der Waals surface area contributed by atoms with Crippen molar-refractivity contribution in [3.8, 4) is 33.4 Å². The Morgan fingerprint density at radius 3 is 1.08 bits per heavy atom. The van der Waals surface area contributed by atoms with E-state index in [0.29, 0.717) is 18.2 Å². The second kappa shape index (κ2) is 15.0. The van der Waals surface area contributed by atoms with Crippen molar-refractivity contribution in [3.63, 3.8) is 0 Å². The van der Waals surface area contributed by atoms with Crippen LogP contribution >= 0.6 is 21.4 Å². The summed E-state index contributed by atoms with van der Waals surface area (Å²) in [5.41, 5.74) is -18.7. The van der Waals surface area contributed by atoms with Gasteiger partial charge in [0.05, 0.1) is 50.1 Å². The van der Waals surface area contributed by atoms with Crippen molar-refractivity contribution in [2.75, 3.05) is 0 Å². The molecule has 1 aliphatic heterocycles. The number of halogens is 17. The largest absolute Gasteiger partial charge is 0.354 e. The molecule has 0 fully saturated rings. The lowest BCUT2D eigenvalue weighted by atomic mass is 10.0. The average molecular weight is 994 g/mol. The normalized spacial score (nSPS) is 12.6. The quantitative estimate of drug-likeness (QED) is 0.0685. The second-order valence-corrected chi connectivity index (χ2v) is 18.2. The molecule has 0 radical (unpaired) electrons. The van der Waals surface area contributed by atoms with Gasteiger partial charge in [-0.1, -0.05) is 0 Å². The highest BCUT2D eigenvalue weighted by atomic mass is 35.7. The predicted octanol–water partition coefficient (Wildman–Crippen LogP) is 11.6. The number of rotatable bonds is 5. The molecule has 1 aliphatic rings. The van der Waals surface area contributed by atoms with Crippen molar-refractivity contribution < 1.29 is 82.7 Å². The molecule has 7 aromatic rings. The van der Waals surface area contributed by atoms with Crippen molar-refractivity contribution in [1.82, 2.24) is 19.9 Å². The molecule has 8 rings (SSSR count). The van der Waals surface area contributed by atoms with Gasteiger partial charge in [-0.3, -0.25) is 0 Å². The lowest BCUT2D eigenvalue weighted by Crippen LogP contribution is -2.05. The third-order valence-electron chi connectivity index (χ3n) is 9.63. The average Bonchev–Trinajstić information content (AvgIpc) is 4.07. The minimum absolute atomic E-state index is 0.140. The first-order valence-electron chi connectivity index (χ1n) is 16.6. The molecule has 3 aromatic carbocycles. The molecule has 8 bridgehead atoms. The van der Waals surface area contributed by atoms with Crippen LogP contribution in [0.15, 0.2) is 34.1 Å². The van der Waals surface area contributed by atoms with Crippen LogP contribution in [0, 0.1) is 87.3 Å². The van der Waals surface area contributed by atoms with E-state index in [1.54, 1.807) is 0 Å². The van der Waals surface area contributed by atoms with Crippen LogP contribution in [-0.2, 0) is 18.1 Å². The van der Waals surface area contributed by atoms with E-state index in [-0.39, 0.29) is 6.07 Å². The van der Waals surface area contributed by atoms with Crippen LogP contribution in [0.1, 0.15) is 11.4 Å². The van der Waals surface area contributed by atoms with E-state index < -0.39 is 193 Å². The number of hydrogen-bond donors (Lipinski definition) is 3. The summed E-state index contributed by atoms with van der Waals surface area (Å²) >= 11 is 0. The summed E-state index contributed by atoms with van der Waals surface area (Å²) in [5.74, 6) is -40.4. The first-order valence-corrected chi connectivity index (χ1v) is 21.3. The van der Waals surface area contributed by atoms with Gasteiger partial charge in [-0.25, -0.2) is 87.7 Å². The molecule has 64 heavy (non-hydrogen) atoms. The highest BCUT2D eigenvalue weighted by Gasteiger charge is 2.35. The van der Waals surface area contributed by atoms with Crippen molar-refractivity contribution >= 4 is 84.7 Å². The molecule has 27 heteroatoms. The van der Waals surface area contributed by atoms with Crippen LogP contribution in [0.3, 0.4) is 0 Å². The molecule has 0 spiro atoms. The van der Waals surface area contributed by atoms with Crippen LogP contribution < -0.4 is 0 Å². The zero-order chi connectivity index (χ0) is 47.0. The molecule has 0 amide bonds. The minimum atomic E-state index is -5.61. The zero-order valence-electron chi connectivity index (χ0n) is 29.8. The molecule has 332 valence electrons. The Morgan fingerprint density at radius 2 is 0.672 bits per heavy atom. The van der Waals surface area contributed by atoms with Gasteiger partial charge in [-0.05, 0) is 36.4 Å². The van der Waals surface area contributed by atoms with Gasteiger partial charge in [0.15, 0.2) is 69.8 Å². The van der Waals surface area contributed by atoms with Crippen LogP contribution in [0.2, 0.25) is 0 Å². The van der Waals surface area contributed by atoms with Crippen molar-refractivity contribution in [3.05, 3.63) is 123 Å². The number of benzene rings is 3. The van der Waals surface area contributed by atoms with Crippen molar-refractivity contribution in [2.24, 2.45) is 0 Å². The number of fused-ring (bicyclic) bond motifs is 9. The van der Waals surface area contributed by atoms with E-state index >= 15 is 35.1 Å². The van der Waals surface area contributed by atoms with Gasteiger partial charge in [0.2, 0.25) is 17.5 Å². The Kier molecular flexibility index (Phi) is 10.4. The van der Waals surface area contributed by atoms with Crippen molar-refractivity contribution in [1.29, 1.82) is 0 Å². The molecule has 8 nitrogen and oxygen atoms in total. The number of aromatic amines is 3. The van der Waals surface area contributed by atoms with Crippen LogP contribution in [-0.4, -0.2) is 36.8 Å². The van der Waals surface area contributed by atoms with Gasteiger partial charge >= 0.3 is 0 Å². The Labute approximate surface area is 352 Å². The Bertz CT molecular complexity index is 3620. The number of nitrogens with zero attached hydrogens (tertiary/aromatic N) is 1. The van der Waals surface area contributed by atoms with Gasteiger partial charge in [-0.15, -0.1) is 0 Å². The standard InChI is InChI=1S/C37H9Cl2F15N4O4S2/c38-63(59,60)13-5-11-7-1-2-8(55-7)15(17-21(40)27(46)33(52)28(47)22(17)41)9-3-4-10(56-9)16(18-23(42)29(48)34(53)30(49)24(18)43)12-6-14(64(39,61)62)37(58-12)20(36(13)57-11)19-25(44)31(50)35(54)32(51)26(19)45/h1-6,56-58H. The summed E-state index contributed by atoms with van der Waals surface area (Å²) < 4.78 is 280. The van der Waals surface area contributed by atoms with E-state index in [1.165, 1.54) is 0 Å². The molecular weight excluding hydrogens is 984 g/mol. The van der Waals surface area contributed by atoms with Crippen LogP contribution in [0.25, 0.3) is 78.6 Å². The molecule has 0 aliphatic carbocycles. The second-order valence-electron chi connectivity index (χ2n) is 13.2. The van der Waals surface area contributed by atoms with E-state index in [2.05, 4.69) is 15.0 Å². The summed E-state index contributed by atoms with van der Waals surface area (Å²) in [6.07, 6.45) is 1.59. The zero-order valence-corrected chi connectivity index (χ0v) is 32.9. The third-order valence-corrected chi connectivity index (χ3v) is 12.3. The highest BCUT2D eigenvalue weighted by Crippen LogP contribution is 2.45. The van der Waals surface area contributed by atoms with E-state index in [4.69, 9.17) is 21.4 Å². The van der Waals surface area contributed by atoms with E-state index in [0.717, 1.165) is 12.2 Å². The fraction of sp³-hybridized carbons (Fsp3) is 0. The smallest absolute Gasteiger partial charge is 0.263 e. The molecule has 4 aromatic heterocycles.